The zero-order valence-corrected chi connectivity index (χ0v) is 10.1. The molecule has 1 heterocycles. The molecule has 4 nitrogen and oxygen atoms in total. The number of hydrogen-bond acceptors (Lipinski definition) is 4. The van der Waals surface area contributed by atoms with Crippen molar-refractivity contribution in [2.45, 2.75) is 0 Å². The van der Waals surface area contributed by atoms with Gasteiger partial charge in [-0.15, -0.1) is 0 Å². The number of rotatable bonds is 4. The molecule has 0 atom stereocenters. The van der Waals surface area contributed by atoms with Gasteiger partial charge in [0, 0.05) is 12.2 Å². The first-order valence-electron chi connectivity index (χ1n) is 5.99. The van der Waals surface area contributed by atoms with Crippen LogP contribution < -0.4 is 5.32 Å². The van der Waals surface area contributed by atoms with Gasteiger partial charge in [-0.2, -0.15) is 0 Å². The summed E-state index contributed by atoms with van der Waals surface area (Å²) in [6.45, 7) is -0.0481. The molecule has 0 amide bonds. The summed E-state index contributed by atoms with van der Waals surface area (Å²) in [4.78, 5) is 0. The van der Waals surface area contributed by atoms with E-state index < -0.39 is 0 Å². The van der Waals surface area contributed by atoms with Gasteiger partial charge in [-0.25, -0.2) is 9.02 Å². The van der Waals surface area contributed by atoms with E-state index in [1.54, 1.807) is 0 Å². The maximum absolute atomic E-state index is 12.1. The summed E-state index contributed by atoms with van der Waals surface area (Å²) in [5, 5.41) is 10.6. The van der Waals surface area contributed by atoms with E-state index >= 15 is 0 Å². The van der Waals surface area contributed by atoms with Gasteiger partial charge >= 0.3 is 0 Å². The van der Waals surface area contributed by atoms with Crippen molar-refractivity contribution in [2.24, 2.45) is 0 Å². The lowest BCUT2D eigenvalue weighted by molar-refractivity contribution is 0.315. The molecule has 0 aliphatic heterocycles. The first-order valence-corrected chi connectivity index (χ1v) is 5.99. The highest BCUT2D eigenvalue weighted by molar-refractivity contribution is 5.80. The van der Waals surface area contributed by atoms with Crippen LogP contribution in [0.1, 0.15) is 0 Å². The van der Waals surface area contributed by atoms with Crippen LogP contribution in [-0.4, -0.2) is 23.5 Å². The van der Waals surface area contributed by atoms with Crippen molar-refractivity contribution in [3.8, 4) is 11.1 Å². The quantitative estimate of drug-likeness (QED) is 0.779. The van der Waals surface area contributed by atoms with Gasteiger partial charge in [0.1, 0.15) is 17.7 Å². The van der Waals surface area contributed by atoms with Crippen molar-refractivity contribution in [3.05, 3.63) is 42.5 Å². The SMILES string of the molecule is FCCNc1ccc(-c2ccc3nonc3c2)cc1. The Morgan fingerprint density at radius 1 is 0.947 bits per heavy atom. The van der Waals surface area contributed by atoms with E-state index in [0.29, 0.717) is 6.54 Å². The van der Waals surface area contributed by atoms with Crippen molar-refractivity contribution >= 4 is 16.7 Å². The molecule has 1 N–H and O–H groups in total. The maximum atomic E-state index is 12.1. The van der Waals surface area contributed by atoms with Crippen molar-refractivity contribution < 1.29 is 9.02 Å². The van der Waals surface area contributed by atoms with Crippen LogP contribution in [0.15, 0.2) is 47.1 Å². The van der Waals surface area contributed by atoms with E-state index in [9.17, 15) is 4.39 Å². The van der Waals surface area contributed by atoms with Gasteiger partial charge in [0.25, 0.3) is 0 Å². The molecule has 3 aromatic rings. The van der Waals surface area contributed by atoms with Crippen molar-refractivity contribution in [3.63, 3.8) is 0 Å². The van der Waals surface area contributed by atoms with Crippen molar-refractivity contribution in [1.82, 2.24) is 10.3 Å². The molecule has 0 aliphatic rings. The van der Waals surface area contributed by atoms with Crippen LogP contribution in [0.25, 0.3) is 22.2 Å². The molecule has 0 saturated heterocycles. The average molecular weight is 257 g/mol. The molecular formula is C14H12FN3O. The standard InChI is InChI=1S/C14H12FN3O/c15-7-8-16-12-4-1-10(2-5-12)11-3-6-13-14(9-11)18-19-17-13/h1-6,9,16H,7-8H2. The normalized spacial score (nSPS) is 10.8. The number of nitrogens with one attached hydrogen (secondary N) is 1. The topological polar surface area (TPSA) is 51.0 Å². The van der Waals surface area contributed by atoms with Crippen LogP contribution >= 0.6 is 0 Å². The molecule has 2 aromatic carbocycles. The number of halogens is 1. The van der Waals surface area contributed by atoms with Gasteiger partial charge in [-0.3, -0.25) is 0 Å². The Bertz CT molecular complexity index is 678. The monoisotopic (exact) mass is 257 g/mol. The van der Waals surface area contributed by atoms with Crippen LogP contribution in [0.4, 0.5) is 10.1 Å². The highest BCUT2D eigenvalue weighted by atomic mass is 19.1. The summed E-state index contributed by atoms with van der Waals surface area (Å²) >= 11 is 0. The predicted molar refractivity (Wildman–Crippen MR) is 71.7 cm³/mol. The fraction of sp³-hybridized carbons (Fsp3) is 0.143. The number of aromatic nitrogens is 2. The third-order valence-electron chi connectivity index (χ3n) is 2.90. The van der Waals surface area contributed by atoms with Crippen LogP contribution in [0.3, 0.4) is 0 Å². The molecule has 0 radical (unpaired) electrons. The van der Waals surface area contributed by atoms with Crippen LogP contribution in [0, 0.1) is 0 Å². The zero-order valence-electron chi connectivity index (χ0n) is 10.1. The van der Waals surface area contributed by atoms with Gasteiger partial charge in [0.15, 0.2) is 0 Å². The van der Waals surface area contributed by atoms with Crippen LogP contribution in [0.5, 0.6) is 0 Å². The van der Waals surface area contributed by atoms with Gasteiger partial charge < -0.3 is 5.32 Å². The zero-order chi connectivity index (χ0) is 13.1. The minimum atomic E-state index is -0.377. The van der Waals surface area contributed by atoms with E-state index in [1.165, 1.54) is 0 Å². The molecule has 1 aromatic heterocycles. The molecular weight excluding hydrogens is 245 g/mol. The molecule has 3 rings (SSSR count). The Kier molecular flexibility index (Phi) is 3.10. The third kappa shape index (κ3) is 2.40. The van der Waals surface area contributed by atoms with Gasteiger partial charge in [-0.05, 0) is 45.7 Å². The highest BCUT2D eigenvalue weighted by Gasteiger charge is 2.03. The first-order chi connectivity index (χ1) is 9.36. The second-order valence-corrected chi connectivity index (χ2v) is 4.16. The van der Waals surface area contributed by atoms with Crippen LogP contribution in [-0.2, 0) is 0 Å². The number of nitrogens with zero attached hydrogens (tertiary/aromatic N) is 2. The number of anilines is 1. The number of alkyl halides is 1. The van der Waals surface area contributed by atoms with Gasteiger partial charge in [-0.1, -0.05) is 18.2 Å². The van der Waals surface area contributed by atoms with E-state index in [-0.39, 0.29) is 6.67 Å². The maximum Gasteiger partial charge on any atom is 0.135 e. The summed E-state index contributed by atoms with van der Waals surface area (Å²) in [7, 11) is 0. The summed E-state index contributed by atoms with van der Waals surface area (Å²) in [5.41, 5.74) is 4.49. The number of benzene rings is 2. The molecule has 0 bridgehead atoms. The molecule has 5 heteroatoms. The summed E-state index contributed by atoms with van der Waals surface area (Å²) in [6, 6.07) is 13.6. The molecule has 0 saturated carbocycles. The average Bonchev–Trinajstić information content (AvgIpc) is 2.93. The molecule has 96 valence electrons. The number of hydrogen-bond donors (Lipinski definition) is 1. The fourth-order valence-corrected chi connectivity index (χ4v) is 1.93. The Hall–Kier alpha value is -2.43. The minimum absolute atomic E-state index is 0.329. The Balaban J connectivity index is 1.88. The molecule has 0 spiro atoms. The summed E-state index contributed by atoms with van der Waals surface area (Å²) in [6.07, 6.45) is 0. The lowest BCUT2D eigenvalue weighted by atomic mass is 10.0. The predicted octanol–water partition coefficient (Wildman–Crippen LogP) is 3.27. The lowest BCUT2D eigenvalue weighted by Gasteiger charge is -2.05. The smallest absolute Gasteiger partial charge is 0.135 e. The minimum Gasteiger partial charge on any atom is -0.382 e. The Morgan fingerprint density at radius 3 is 2.47 bits per heavy atom. The largest absolute Gasteiger partial charge is 0.382 e. The van der Waals surface area contributed by atoms with E-state index in [2.05, 4.69) is 20.3 Å². The van der Waals surface area contributed by atoms with Crippen molar-refractivity contribution in [1.29, 1.82) is 0 Å². The highest BCUT2D eigenvalue weighted by Crippen LogP contribution is 2.24. The molecule has 0 aliphatic carbocycles. The molecule has 19 heavy (non-hydrogen) atoms. The molecule has 0 fully saturated rings. The molecule has 0 unspecified atom stereocenters. The van der Waals surface area contributed by atoms with Crippen molar-refractivity contribution in [2.75, 3.05) is 18.5 Å². The Labute approximate surface area is 109 Å². The van der Waals surface area contributed by atoms with E-state index in [0.717, 1.165) is 27.8 Å². The van der Waals surface area contributed by atoms with Crippen LogP contribution in [0.2, 0.25) is 0 Å². The lowest BCUT2D eigenvalue weighted by Crippen LogP contribution is -2.02. The Morgan fingerprint density at radius 2 is 1.68 bits per heavy atom. The first kappa shape index (κ1) is 11.6. The van der Waals surface area contributed by atoms with Gasteiger partial charge in [0.05, 0.1) is 0 Å². The number of fused-ring (bicyclic) bond motifs is 1. The third-order valence-corrected chi connectivity index (χ3v) is 2.90. The van der Waals surface area contributed by atoms with E-state index in [1.807, 2.05) is 42.5 Å². The second kappa shape index (κ2) is 5.06. The second-order valence-electron chi connectivity index (χ2n) is 4.16. The summed E-state index contributed by atoms with van der Waals surface area (Å²) < 4.78 is 16.7. The summed E-state index contributed by atoms with van der Waals surface area (Å²) in [5.74, 6) is 0. The fourth-order valence-electron chi connectivity index (χ4n) is 1.93. The van der Waals surface area contributed by atoms with Gasteiger partial charge in [0.2, 0.25) is 0 Å². The van der Waals surface area contributed by atoms with E-state index in [4.69, 9.17) is 0 Å².